The number of rotatable bonds is 5. The van der Waals surface area contributed by atoms with Crippen LogP contribution in [0.1, 0.15) is 56.2 Å². The highest BCUT2D eigenvalue weighted by atomic mass is 16.5. The van der Waals surface area contributed by atoms with Gasteiger partial charge in [0.15, 0.2) is 5.82 Å². The van der Waals surface area contributed by atoms with E-state index in [0.717, 1.165) is 50.5 Å². The summed E-state index contributed by atoms with van der Waals surface area (Å²) in [5.41, 5.74) is 0. The van der Waals surface area contributed by atoms with Crippen molar-refractivity contribution in [1.82, 2.24) is 25.0 Å². The number of carbonyl (C=O) groups is 1. The van der Waals surface area contributed by atoms with Crippen LogP contribution in [-0.2, 0) is 4.79 Å². The van der Waals surface area contributed by atoms with E-state index in [1.54, 1.807) is 18.5 Å². The van der Waals surface area contributed by atoms with Crippen LogP contribution in [0.25, 0.3) is 0 Å². The lowest BCUT2D eigenvalue weighted by atomic mass is 9.96. The second-order valence-electron chi connectivity index (χ2n) is 6.84. The van der Waals surface area contributed by atoms with Crippen molar-refractivity contribution in [2.75, 3.05) is 18.4 Å². The molecule has 8 nitrogen and oxygen atoms in total. The third-order valence-corrected chi connectivity index (χ3v) is 4.93. The molecule has 3 heterocycles. The average Bonchev–Trinajstić information content (AvgIpc) is 3.39. The van der Waals surface area contributed by atoms with Gasteiger partial charge in [-0.2, -0.15) is 4.98 Å². The summed E-state index contributed by atoms with van der Waals surface area (Å²) in [5.74, 6) is 2.48. The Labute approximate surface area is 146 Å². The summed E-state index contributed by atoms with van der Waals surface area (Å²) in [4.78, 5) is 27.3. The minimum absolute atomic E-state index is 0.0985. The number of likely N-dealkylation sites (tertiary alicyclic amines) is 1. The number of aromatic nitrogens is 4. The molecule has 1 saturated heterocycles. The topological polar surface area (TPSA) is 97.0 Å². The molecule has 0 radical (unpaired) electrons. The number of amides is 1. The maximum Gasteiger partial charge on any atom is 0.243 e. The van der Waals surface area contributed by atoms with Gasteiger partial charge in [-0.25, -0.2) is 9.97 Å². The quantitative estimate of drug-likeness (QED) is 0.887. The van der Waals surface area contributed by atoms with E-state index in [-0.39, 0.29) is 17.9 Å². The summed E-state index contributed by atoms with van der Waals surface area (Å²) in [6.07, 6.45) is 7.55. The van der Waals surface area contributed by atoms with E-state index in [9.17, 15) is 4.79 Å². The number of nitrogens with zero attached hydrogens (tertiary/aromatic N) is 5. The number of piperidine rings is 1. The summed E-state index contributed by atoms with van der Waals surface area (Å²) < 4.78 is 5.39. The maximum absolute atomic E-state index is 12.5. The molecule has 2 aromatic rings. The molecule has 4 rings (SSSR count). The molecule has 8 heteroatoms. The summed E-state index contributed by atoms with van der Waals surface area (Å²) in [6.45, 7) is 3.55. The molecule has 2 atom stereocenters. The lowest BCUT2D eigenvalue weighted by Gasteiger charge is -2.34. The second-order valence-corrected chi connectivity index (χ2v) is 6.84. The van der Waals surface area contributed by atoms with Gasteiger partial charge in [-0.15, -0.1) is 0 Å². The Hall–Kier alpha value is -2.35. The van der Waals surface area contributed by atoms with Crippen LogP contribution in [0, 0.1) is 0 Å². The van der Waals surface area contributed by atoms with Crippen LogP contribution in [0.2, 0.25) is 0 Å². The Morgan fingerprint density at radius 3 is 2.84 bits per heavy atom. The lowest BCUT2D eigenvalue weighted by molar-refractivity contribution is -0.121. The molecule has 2 aliphatic rings. The first-order valence-electron chi connectivity index (χ1n) is 8.86. The smallest absolute Gasteiger partial charge is 0.243 e. The van der Waals surface area contributed by atoms with Crippen molar-refractivity contribution < 1.29 is 9.32 Å². The Balaban J connectivity index is 1.38. The predicted octanol–water partition coefficient (Wildman–Crippen LogP) is 1.94. The fourth-order valence-corrected chi connectivity index (χ4v) is 3.22. The monoisotopic (exact) mass is 342 g/mol. The third-order valence-electron chi connectivity index (χ3n) is 4.93. The van der Waals surface area contributed by atoms with Crippen LogP contribution < -0.4 is 5.32 Å². The maximum atomic E-state index is 12.5. The van der Waals surface area contributed by atoms with Crippen molar-refractivity contribution in [2.45, 2.75) is 50.5 Å². The van der Waals surface area contributed by atoms with Gasteiger partial charge in [0, 0.05) is 30.8 Å². The summed E-state index contributed by atoms with van der Waals surface area (Å²) in [6, 6.07) is 1.45. The first-order valence-corrected chi connectivity index (χ1v) is 8.86. The van der Waals surface area contributed by atoms with Gasteiger partial charge >= 0.3 is 0 Å². The fraction of sp³-hybridized carbons (Fsp3) is 0.588. The average molecular weight is 342 g/mol. The summed E-state index contributed by atoms with van der Waals surface area (Å²) >= 11 is 0. The minimum Gasteiger partial charge on any atom is -0.339 e. The van der Waals surface area contributed by atoms with Crippen molar-refractivity contribution >= 4 is 11.9 Å². The molecule has 0 aromatic carbocycles. The minimum atomic E-state index is -0.263. The van der Waals surface area contributed by atoms with Crippen molar-refractivity contribution in [3.63, 3.8) is 0 Å². The molecular formula is C17H22N6O2. The predicted molar refractivity (Wildman–Crippen MR) is 89.9 cm³/mol. The molecule has 25 heavy (non-hydrogen) atoms. The first-order chi connectivity index (χ1) is 12.2. The SMILES string of the molecule is C[C@H](C(=O)Nc1ncccn1)N1CCC[C@H](c2noc(C3CC3)n2)C1. The van der Waals surface area contributed by atoms with Crippen LogP contribution in [0.3, 0.4) is 0 Å². The third kappa shape index (κ3) is 3.68. The van der Waals surface area contributed by atoms with E-state index < -0.39 is 0 Å². The molecule has 1 aliphatic carbocycles. The highest BCUT2D eigenvalue weighted by Crippen LogP contribution is 2.39. The molecule has 132 valence electrons. The molecule has 0 unspecified atom stereocenters. The summed E-state index contributed by atoms with van der Waals surface area (Å²) in [5, 5.41) is 6.94. The molecular weight excluding hydrogens is 320 g/mol. The largest absolute Gasteiger partial charge is 0.339 e. The Morgan fingerprint density at radius 2 is 2.08 bits per heavy atom. The van der Waals surface area contributed by atoms with Crippen LogP contribution in [0.15, 0.2) is 23.0 Å². The number of nitrogens with one attached hydrogen (secondary N) is 1. The molecule has 2 aromatic heterocycles. The Bertz CT molecular complexity index is 730. The van der Waals surface area contributed by atoms with Gasteiger partial charge in [-0.3, -0.25) is 15.0 Å². The van der Waals surface area contributed by atoms with Crippen LogP contribution >= 0.6 is 0 Å². The number of hydrogen-bond acceptors (Lipinski definition) is 7. The Morgan fingerprint density at radius 1 is 1.28 bits per heavy atom. The molecule has 1 aliphatic heterocycles. The van der Waals surface area contributed by atoms with E-state index in [4.69, 9.17) is 4.52 Å². The molecule has 1 saturated carbocycles. The van der Waals surface area contributed by atoms with Gasteiger partial charge in [0.1, 0.15) is 0 Å². The highest BCUT2D eigenvalue weighted by Gasteiger charge is 2.33. The van der Waals surface area contributed by atoms with Crippen LogP contribution in [0.4, 0.5) is 5.95 Å². The van der Waals surface area contributed by atoms with Crippen molar-refractivity contribution in [2.24, 2.45) is 0 Å². The molecule has 1 N–H and O–H groups in total. The van der Waals surface area contributed by atoms with Gasteiger partial charge in [0.05, 0.1) is 6.04 Å². The van der Waals surface area contributed by atoms with Crippen LogP contribution in [-0.4, -0.2) is 50.0 Å². The molecule has 2 fully saturated rings. The highest BCUT2D eigenvalue weighted by molar-refractivity contribution is 5.93. The zero-order valence-electron chi connectivity index (χ0n) is 14.3. The zero-order chi connectivity index (χ0) is 17.2. The Kier molecular flexibility index (Phi) is 4.44. The van der Waals surface area contributed by atoms with E-state index in [1.165, 1.54) is 0 Å². The lowest BCUT2D eigenvalue weighted by Crippen LogP contribution is -2.46. The van der Waals surface area contributed by atoms with Gasteiger partial charge in [-0.1, -0.05) is 5.16 Å². The van der Waals surface area contributed by atoms with E-state index >= 15 is 0 Å². The number of hydrogen-bond donors (Lipinski definition) is 1. The van der Waals surface area contributed by atoms with Crippen molar-refractivity contribution in [3.8, 4) is 0 Å². The van der Waals surface area contributed by atoms with Crippen molar-refractivity contribution in [3.05, 3.63) is 30.2 Å². The number of carbonyl (C=O) groups excluding carboxylic acids is 1. The standard InChI is InChI=1S/C17H22N6O2/c1-11(15(24)21-17-18-7-3-8-19-17)23-9-2-4-13(10-23)14-20-16(25-22-14)12-5-6-12/h3,7-8,11-13H,2,4-6,9-10H2,1H3,(H,18,19,21,24)/t11-,13+/m1/s1. The molecule has 0 spiro atoms. The normalized spacial score (nSPS) is 22.5. The van der Waals surface area contributed by atoms with Crippen LogP contribution in [0.5, 0.6) is 0 Å². The zero-order valence-corrected chi connectivity index (χ0v) is 14.3. The fourth-order valence-electron chi connectivity index (χ4n) is 3.22. The molecule has 0 bridgehead atoms. The number of anilines is 1. The van der Waals surface area contributed by atoms with Gasteiger partial charge < -0.3 is 4.52 Å². The first kappa shape index (κ1) is 16.1. The van der Waals surface area contributed by atoms with E-state index in [0.29, 0.717) is 11.9 Å². The van der Waals surface area contributed by atoms with Gasteiger partial charge in [0.25, 0.3) is 0 Å². The van der Waals surface area contributed by atoms with Gasteiger partial charge in [0.2, 0.25) is 17.7 Å². The van der Waals surface area contributed by atoms with Crippen molar-refractivity contribution in [1.29, 1.82) is 0 Å². The van der Waals surface area contributed by atoms with E-state index in [2.05, 4.69) is 30.3 Å². The van der Waals surface area contributed by atoms with Gasteiger partial charge in [-0.05, 0) is 45.2 Å². The summed E-state index contributed by atoms with van der Waals surface area (Å²) in [7, 11) is 0. The molecule has 1 amide bonds. The van der Waals surface area contributed by atoms with E-state index in [1.807, 2.05) is 6.92 Å². The second kappa shape index (κ2) is 6.87.